The average Bonchev–Trinajstić information content (AvgIpc) is 2.34. The van der Waals surface area contributed by atoms with Gasteiger partial charge in [-0.2, -0.15) is 0 Å². The Bertz CT molecular complexity index is 404. The third-order valence-corrected chi connectivity index (χ3v) is 2.48. The highest BCUT2D eigenvalue weighted by Crippen LogP contribution is 2.29. The van der Waals surface area contributed by atoms with Crippen LogP contribution in [0.4, 0.5) is 0 Å². The molecule has 0 atom stereocenters. The van der Waals surface area contributed by atoms with Crippen molar-refractivity contribution < 1.29 is 19.4 Å². The standard InChI is InChI=1S/C12H17NO4/c1-16-10-7-11(17-2)9(12(14)15)6-8(10)4-3-5-13/h6-7H,3-5,13H2,1-2H3,(H,14,15). The van der Waals surface area contributed by atoms with Crippen LogP contribution in [0, 0.1) is 0 Å². The number of carboxylic acids is 1. The van der Waals surface area contributed by atoms with Crippen LogP contribution in [0.15, 0.2) is 12.1 Å². The molecule has 0 aliphatic rings. The number of methoxy groups -OCH3 is 2. The third-order valence-electron chi connectivity index (χ3n) is 2.48. The molecule has 94 valence electrons. The molecule has 0 amide bonds. The summed E-state index contributed by atoms with van der Waals surface area (Å²) in [6, 6.07) is 3.17. The quantitative estimate of drug-likeness (QED) is 0.781. The molecule has 1 aromatic rings. The molecule has 1 rings (SSSR count). The third kappa shape index (κ3) is 3.10. The van der Waals surface area contributed by atoms with Crippen molar-refractivity contribution in [2.75, 3.05) is 20.8 Å². The minimum absolute atomic E-state index is 0.139. The summed E-state index contributed by atoms with van der Waals surface area (Å²) in [6.45, 7) is 0.553. The van der Waals surface area contributed by atoms with Gasteiger partial charge in [0.25, 0.3) is 0 Å². The average molecular weight is 239 g/mol. The number of hydrogen-bond acceptors (Lipinski definition) is 4. The fraction of sp³-hybridized carbons (Fsp3) is 0.417. The Kier molecular flexibility index (Phi) is 4.78. The maximum absolute atomic E-state index is 11.1. The number of ether oxygens (including phenoxy) is 2. The molecule has 5 nitrogen and oxygen atoms in total. The molecular formula is C12H17NO4. The Labute approximate surface area is 100 Å². The summed E-state index contributed by atoms with van der Waals surface area (Å²) >= 11 is 0. The minimum atomic E-state index is -1.02. The van der Waals surface area contributed by atoms with E-state index in [1.165, 1.54) is 7.11 Å². The molecule has 0 bridgehead atoms. The second kappa shape index (κ2) is 6.10. The van der Waals surface area contributed by atoms with Crippen LogP contribution in [0.5, 0.6) is 11.5 Å². The Morgan fingerprint density at radius 3 is 2.41 bits per heavy atom. The molecule has 0 spiro atoms. The molecule has 0 saturated heterocycles. The number of aryl methyl sites for hydroxylation is 1. The zero-order valence-corrected chi connectivity index (χ0v) is 10.0. The van der Waals surface area contributed by atoms with Crippen LogP contribution in [-0.4, -0.2) is 31.8 Å². The Morgan fingerprint density at radius 1 is 1.29 bits per heavy atom. The summed E-state index contributed by atoms with van der Waals surface area (Å²) in [5.74, 6) is -0.0929. The van der Waals surface area contributed by atoms with Gasteiger partial charge in [0.15, 0.2) is 0 Å². The van der Waals surface area contributed by atoms with Gasteiger partial charge in [0.1, 0.15) is 17.1 Å². The van der Waals surface area contributed by atoms with Gasteiger partial charge >= 0.3 is 5.97 Å². The van der Waals surface area contributed by atoms with Crippen LogP contribution in [0.3, 0.4) is 0 Å². The maximum atomic E-state index is 11.1. The van der Waals surface area contributed by atoms with Crippen molar-refractivity contribution in [1.82, 2.24) is 0 Å². The summed E-state index contributed by atoms with van der Waals surface area (Å²) < 4.78 is 10.2. The first-order valence-electron chi connectivity index (χ1n) is 5.32. The maximum Gasteiger partial charge on any atom is 0.339 e. The highest BCUT2D eigenvalue weighted by molar-refractivity contribution is 5.91. The fourth-order valence-corrected chi connectivity index (χ4v) is 1.62. The molecule has 1 aromatic carbocycles. The van der Waals surface area contributed by atoms with E-state index in [9.17, 15) is 4.79 Å². The summed E-state index contributed by atoms with van der Waals surface area (Å²) in [7, 11) is 2.97. The van der Waals surface area contributed by atoms with Gasteiger partial charge < -0.3 is 20.3 Å². The highest BCUT2D eigenvalue weighted by Gasteiger charge is 2.15. The van der Waals surface area contributed by atoms with E-state index in [0.717, 1.165) is 12.0 Å². The zero-order chi connectivity index (χ0) is 12.8. The van der Waals surface area contributed by atoms with Crippen molar-refractivity contribution in [3.8, 4) is 11.5 Å². The van der Waals surface area contributed by atoms with E-state index in [2.05, 4.69) is 0 Å². The second-order valence-corrected chi connectivity index (χ2v) is 3.56. The van der Waals surface area contributed by atoms with Crippen LogP contribution in [-0.2, 0) is 6.42 Å². The number of hydrogen-bond donors (Lipinski definition) is 2. The Balaban J connectivity index is 3.18. The Hall–Kier alpha value is -1.75. The number of nitrogens with two attached hydrogens (primary N) is 1. The number of carboxylic acid groups (broad SMARTS) is 1. The summed E-state index contributed by atoms with van der Waals surface area (Å²) in [4.78, 5) is 11.1. The van der Waals surface area contributed by atoms with Crippen molar-refractivity contribution in [2.24, 2.45) is 5.73 Å². The van der Waals surface area contributed by atoms with E-state index < -0.39 is 5.97 Å². The van der Waals surface area contributed by atoms with Gasteiger partial charge in [-0.15, -0.1) is 0 Å². The lowest BCUT2D eigenvalue weighted by atomic mass is 10.0. The molecule has 0 aromatic heterocycles. The molecule has 0 radical (unpaired) electrons. The van der Waals surface area contributed by atoms with Crippen molar-refractivity contribution in [1.29, 1.82) is 0 Å². The second-order valence-electron chi connectivity index (χ2n) is 3.56. The molecule has 0 unspecified atom stereocenters. The van der Waals surface area contributed by atoms with Gasteiger partial charge in [-0.3, -0.25) is 0 Å². The molecule has 0 aliphatic carbocycles. The number of benzene rings is 1. The molecular weight excluding hydrogens is 222 g/mol. The SMILES string of the molecule is COc1cc(OC)c(C(=O)O)cc1CCCN. The van der Waals surface area contributed by atoms with Crippen molar-refractivity contribution in [3.63, 3.8) is 0 Å². The van der Waals surface area contributed by atoms with E-state index in [-0.39, 0.29) is 5.56 Å². The topological polar surface area (TPSA) is 81.8 Å². The highest BCUT2D eigenvalue weighted by atomic mass is 16.5. The van der Waals surface area contributed by atoms with Crippen LogP contribution >= 0.6 is 0 Å². The van der Waals surface area contributed by atoms with Crippen LogP contribution in [0.25, 0.3) is 0 Å². The van der Waals surface area contributed by atoms with Gasteiger partial charge in [-0.1, -0.05) is 0 Å². The first-order chi connectivity index (χ1) is 8.13. The summed E-state index contributed by atoms with van der Waals surface area (Å²) in [5, 5.41) is 9.06. The van der Waals surface area contributed by atoms with E-state index >= 15 is 0 Å². The predicted molar refractivity (Wildman–Crippen MR) is 63.9 cm³/mol. The van der Waals surface area contributed by atoms with E-state index in [0.29, 0.717) is 24.5 Å². The largest absolute Gasteiger partial charge is 0.496 e. The number of rotatable bonds is 6. The lowest BCUT2D eigenvalue weighted by molar-refractivity contribution is 0.0693. The normalized spacial score (nSPS) is 10.1. The molecule has 0 heterocycles. The number of aromatic carboxylic acids is 1. The van der Waals surface area contributed by atoms with Gasteiger partial charge in [-0.05, 0) is 31.0 Å². The monoisotopic (exact) mass is 239 g/mol. The first-order valence-corrected chi connectivity index (χ1v) is 5.32. The van der Waals surface area contributed by atoms with Crippen molar-refractivity contribution >= 4 is 5.97 Å². The van der Waals surface area contributed by atoms with Crippen LogP contribution in [0.1, 0.15) is 22.3 Å². The molecule has 0 saturated carbocycles. The molecule has 17 heavy (non-hydrogen) atoms. The van der Waals surface area contributed by atoms with Crippen LogP contribution in [0.2, 0.25) is 0 Å². The number of carbonyl (C=O) groups is 1. The smallest absolute Gasteiger partial charge is 0.339 e. The molecule has 0 aliphatic heterocycles. The summed E-state index contributed by atoms with van der Waals surface area (Å²) in [5.41, 5.74) is 6.41. The minimum Gasteiger partial charge on any atom is -0.496 e. The van der Waals surface area contributed by atoms with Gasteiger partial charge in [-0.25, -0.2) is 4.79 Å². The fourth-order valence-electron chi connectivity index (χ4n) is 1.62. The molecule has 0 fully saturated rings. The summed E-state index contributed by atoms with van der Waals surface area (Å²) in [6.07, 6.45) is 1.46. The first kappa shape index (κ1) is 13.3. The van der Waals surface area contributed by atoms with E-state index in [1.54, 1.807) is 19.2 Å². The lowest BCUT2D eigenvalue weighted by Gasteiger charge is -2.12. The van der Waals surface area contributed by atoms with E-state index in [1.807, 2.05) is 0 Å². The van der Waals surface area contributed by atoms with Crippen molar-refractivity contribution in [2.45, 2.75) is 12.8 Å². The van der Waals surface area contributed by atoms with Gasteiger partial charge in [0.05, 0.1) is 14.2 Å². The van der Waals surface area contributed by atoms with Crippen molar-refractivity contribution in [3.05, 3.63) is 23.3 Å². The van der Waals surface area contributed by atoms with Gasteiger partial charge in [0.2, 0.25) is 0 Å². The predicted octanol–water partition coefficient (Wildman–Crippen LogP) is 1.29. The molecule has 5 heteroatoms. The van der Waals surface area contributed by atoms with Crippen LogP contribution < -0.4 is 15.2 Å². The van der Waals surface area contributed by atoms with Gasteiger partial charge in [0, 0.05) is 6.07 Å². The van der Waals surface area contributed by atoms with E-state index in [4.69, 9.17) is 20.3 Å². The Morgan fingerprint density at radius 2 is 1.94 bits per heavy atom. The zero-order valence-electron chi connectivity index (χ0n) is 10.0. The molecule has 3 N–H and O–H groups in total. The lowest BCUT2D eigenvalue weighted by Crippen LogP contribution is -2.06.